The number of rotatable bonds is 6. The number of amides is 1. The highest BCUT2D eigenvalue weighted by atomic mass is 16.4. The number of hydrogen-bond donors (Lipinski definition) is 3. The number of aliphatic hydroxyl groups excluding tert-OH is 1. The van der Waals surface area contributed by atoms with E-state index in [9.17, 15) is 9.59 Å². The zero-order valence-corrected chi connectivity index (χ0v) is 11.1. The van der Waals surface area contributed by atoms with E-state index in [1.165, 1.54) is 0 Å². The molecule has 1 amide bonds. The molecule has 0 spiro atoms. The molecule has 0 aromatic heterocycles. The summed E-state index contributed by atoms with van der Waals surface area (Å²) in [6.07, 6.45) is -0.00878. The molecule has 3 N–H and O–H groups in total. The van der Waals surface area contributed by atoms with Gasteiger partial charge in [0.1, 0.15) is 6.04 Å². The number of carbonyl (C=O) groups excluding carboxylic acids is 1. The van der Waals surface area contributed by atoms with Crippen LogP contribution in [0.1, 0.15) is 42.1 Å². The Morgan fingerprint density at radius 1 is 1.21 bits per heavy atom. The summed E-state index contributed by atoms with van der Waals surface area (Å²) in [6, 6.07) is 5.97. The molecule has 1 atom stereocenters. The van der Waals surface area contributed by atoms with E-state index in [4.69, 9.17) is 10.2 Å². The van der Waals surface area contributed by atoms with Crippen LogP contribution in [-0.4, -0.2) is 34.7 Å². The van der Waals surface area contributed by atoms with Crippen molar-refractivity contribution < 1.29 is 19.8 Å². The number of carboxylic acid groups (broad SMARTS) is 1. The Hall–Kier alpha value is -1.88. The Kier molecular flexibility index (Phi) is 5.51. The molecule has 0 fully saturated rings. The molecule has 0 unspecified atom stereocenters. The first-order valence-corrected chi connectivity index (χ1v) is 6.20. The van der Waals surface area contributed by atoms with E-state index in [0.717, 1.165) is 5.56 Å². The Bertz CT molecular complexity index is 439. The van der Waals surface area contributed by atoms with Gasteiger partial charge in [0.25, 0.3) is 5.91 Å². The quantitative estimate of drug-likeness (QED) is 0.725. The van der Waals surface area contributed by atoms with Crippen LogP contribution in [0.5, 0.6) is 0 Å². The van der Waals surface area contributed by atoms with Gasteiger partial charge >= 0.3 is 5.97 Å². The van der Waals surface area contributed by atoms with Crippen molar-refractivity contribution in [2.24, 2.45) is 0 Å². The van der Waals surface area contributed by atoms with Gasteiger partial charge in [0.05, 0.1) is 0 Å². The fourth-order valence-corrected chi connectivity index (χ4v) is 1.65. The fraction of sp³-hybridized carbons (Fsp3) is 0.429. The molecule has 104 valence electrons. The first kappa shape index (κ1) is 15.2. The molecule has 1 aromatic carbocycles. The van der Waals surface area contributed by atoms with E-state index in [1.807, 2.05) is 12.1 Å². The van der Waals surface area contributed by atoms with E-state index in [2.05, 4.69) is 19.2 Å². The van der Waals surface area contributed by atoms with Crippen LogP contribution in [0, 0.1) is 0 Å². The van der Waals surface area contributed by atoms with Crippen LogP contribution in [-0.2, 0) is 4.79 Å². The minimum absolute atomic E-state index is 0.00878. The zero-order valence-electron chi connectivity index (χ0n) is 11.1. The predicted octanol–water partition coefficient (Wildman–Crippen LogP) is 1.38. The summed E-state index contributed by atoms with van der Waals surface area (Å²) in [6.45, 7) is 3.82. The van der Waals surface area contributed by atoms with Gasteiger partial charge in [-0.2, -0.15) is 0 Å². The summed E-state index contributed by atoms with van der Waals surface area (Å²) in [4.78, 5) is 22.7. The van der Waals surface area contributed by atoms with Crippen molar-refractivity contribution in [1.29, 1.82) is 0 Å². The Morgan fingerprint density at radius 2 is 1.79 bits per heavy atom. The molecule has 0 heterocycles. The van der Waals surface area contributed by atoms with Crippen LogP contribution in [0.2, 0.25) is 0 Å². The molecule has 1 rings (SSSR count). The number of carboxylic acids is 1. The second-order valence-electron chi connectivity index (χ2n) is 4.65. The third-order valence-corrected chi connectivity index (χ3v) is 2.86. The van der Waals surface area contributed by atoms with Gasteiger partial charge in [-0.05, 0) is 23.6 Å². The van der Waals surface area contributed by atoms with E-state index < -0.39 is 17.9 Å². The van der Waals surface area contributed by atoms with Crippen LogP contribution in [0.3, 0.4) is 0 Å². The number of nitrogens with one attached hydrogen (secondary N) is 1. The normalized spacial score (nSPS) is 12.2. The van der Waals surface area contributed by atoms with Crippen molar-refractivity contribution in [2.75, 3.05) is 6.61 Å². The second kappa shape index (κ2) is 6.89. The molecular weight excluding hydrogens is 246 g/mol. The van der Waals surface area contributed by atoms with Crippen LogP contribution in [0.25, 0.3) is 0 Å². The monoisotopic (exact) mass is 265 g/mol. The van der Waals surface area contributed by atoms with Crippen molar-refractivity contribution in [3.05, 3.63) is 35.4 Å². The van der Waals surface area contributed by atoms with E-state index in [0.29, 0.717) is 11.5 Å². The van der Waals surface area contributed by atoms with Gasteiger partial charge in [-0.3, -0.25) is 4.79 Å². The minimum Gasteiger partial charge on any atom is -0.480 e. The van der Waals surface area contributed by atoms with Crippen molar-refractivity contribution in [1.82, 2.24) is 5.32 Å². The maximum atomic E-state index is 11.9. The molecule has 0 bridgehead atoms. The molecule has 5 heteroatoms. The van der Waals surface area contributed by atoms with Crippen molar-refractivity contribution in [3.63, 3.8) is 0 Å². The van der Waals surface area contributed by atoms with Crippen LogP contribution >= 0.6 is 0 Å². The Morgan fingerprint density at radius 3 is 2.21 bits per heavy atom. The highest BCUT2D eigenvalue weighted by Crippen LogP contribution is 2.14. The summed E-state index contributed by atoms with van der Waals surface area (Å²) in [7, 11) is 0. The molecule has 1 aromatic rings. The highest BCUT2D eigenvalue weighted by Gasteiger charge is 2.19. The molecule has 0 saturated carbocycles. The molecule has 0 aliphatic carbocycles. The van der Waals surface area contributed by atoms with Gasteiger partial charge in [0.15, 0.2) is 0 Å². The molecule has 0 aliphatic rings. The smallest absolute Gasteiger partial charge is 0.326 e. The number of aliphatic carboxylic acids is 1. The van der Waals surface area contributed by atoms with Crippen LogP contribution < -0.4 is 5.32 Å². The van der Waals surface area contributed by atoms with Crippen molar-refractivity contribution in [2.45, 2.75) is 32.2 Å². The van der Waals surface area contributed by atoms with E-state index in [1.54, 1.807) is 12.1 Å². The molecule has 0 saturated heterocycles. The van der Waals surface area contributed by atoms with Crippen LogP contribution in [0.15, 0.2) is 24.3 Å². The lowest BCUT2D eigenvalue weighted by Gasteiger charge is -2.13. The summed E-state index contributed by atoms with van der Waals surface area (Å²) in [5, 5.41) is 20.0. The lowest BCUT2D eigenvalue weighted by atomic mass is 10.0. The number of hydrogen-bond acceptors (Lipinski definition) is 3. The summed E-state index contributed by atoms with van der Waals surface area (Å²) in [5.74, 6) is -1.23. The molecule has 0 radical (unpaired) electrons. The standard InChI is InChI=1S/C14H19NO4/c1-9(2)10-3-5-11(6-4-10)13(17)15-12(7-8-16)14(18)19/h3-6,9,12,16H,7-8H2,1-2H3,(H,15,17)(H,18,19)/t12-/m0/s1. The summed E-state index contributed by atoms with van der Waals surface area (Å²) < 4.78 is 0. The number of benzene rings is 1. The topological polar surface area (TPSA) is 86.6 Å². The Labute approximate surface area is 112 Å². The molecular formula is C14H19NO4. The molecule has 5 nitrogen and oxygen atoms in total. The van der Waals surface area contributed by atoms with Gasteiger partial charge in [-0.1, -0.05) is 26.0 Å². The number of aliphatic hydroxyl groups is 1. The maximum Gasteiger partial charge on any atom is 0.326 e. The predicted molar refractivity (Wildman–Crippen MR) is 71.1 cm³/mol. The van der Waals surface area contributed by atoms with E-state index in [-0.39, 0.29) is 13.0 Å². The second-order valence-corrected chi connectivity index (χ2v) is 4.65. The van der Waals surface area contributed by atoms with Crippen molar-refractivity contribution >= 4 is 11.9 Å². The third-order valence-electron chi connectivity index (χ3n) is 2.86. The summed E-state index contributed by atoms with van der Waals surface area (Å²) >= 11 is 0. The fourth-order valence-electron chi connectivity index (χ4n) is 1.65. The SMILES string of the molecule is CC(C)c1ccc(C(=O)N[C@@H](CCO)C(=O)O)cc1. The zero-order chi connectivity index (χ0) is 14.4. The molecule has 19 heavy (non-hydrogen) atoms. The van der Waals surface area contributed by atoms with Crippen LogP contribution in [0.4, 0.5) is 0 Å². The average Bonchev–Trinajstić information content (AvgIpc) is 2.38. The average molecular weight is 265 g/mol. The van der Waals surface area contributed by atoms with Gasteiger partial charge < -0.3 is 15.5 Å². The first-order chi connectivity index (χ1) is 8.95. The first-order valence-electron chi connectivity index (χ1n) is 6.20. The van der Waals surface area contributed by atoms with Crippen molar-refractivity contribution in [3.8, 4) is 0 Å². The molecule has 0 aliphatic heterocycles. The van der Waals surface area contributed by atoms with Gasteiger partial charge in [-0.25, -0.2) is 4.79 Å². The largest absolute Gasteiger partial charge is 0.480 e. The summed E-state index contributed by atoms with van der Waals surface area (Å²) in [5.41, 5.74) is 1.52. The maximum absolute atomic E-state index is 11.9. The van der Waals surface area contributed by atoms with Gasteiger partial charge in [-0.15, -0.1) is 0 Å². The highest BCUT2D eigenvalue weighted by molar-refractivity contribution is 5.96. The minimum atomic E-state index is -1.15. The Balaban J connectivity index is 2.74. The lowest BCUT2D eigenvalue weighted by Crippen LogP contribution is -2.41. The van der Waals surface area contributed by atoms with Gasteiger partial charge in [0.2, 0.25) is 0 Å². The number of carbonyl (C=O) groups is 2. The lowest BCUT2D eigenvalue weighted by molar-refractivity contribution is -0.139. The third kappa shape index (κ3) is 4.37. The van der Waals surface area contributed by atoms with E-state index >= 15 is 0 Å². The van der Waals surface area contributed by atoms with Gasteiger partial charge in [0, 0.05) is 18.6 Å².